The first-order chi connectivity index (χ1) is 22.9. The molecule has 4 aliphatic heterocycles. The molecule has 0 aromatic heterocycles. The van der Waals surface area contributed by atoms with Crippen molar-refractivity contribution in [3.05, 3.63) is 60.2 Å². The molecule has 0 unspecified atom stereocenters. The summed E-state index contributed by atoms with van der Waals surface area (Å²) in [5.41, 5.74) is -0.635. The number of rotatable bonds is 8. The van der Waals surface area contributed by atoms with Crippen molar-refractivity contribution in [1.82, 2.24) is 15.1 Å². The van der Waals surface area contributed by atoms with Crippen molar-refractivity contribution in [3.63, 3.8) is 0 Å². The number of ether oxygens (including phenoxy) is 3. The number of benzene rings is 1. The third kappa shape index (κ3) is 6.49. The van der Waals surface area contributed by atoms with Gasteiger partial charge in [0.2, 0.25) is 17.7 Å². The van der Waals surface area contributed by atoms with E-state index in [1.165, 1.54) is 7.11 Å². The fourth-order valence-corrected chi connectivity index (χ4v) is 8.23. The molecule has 1 saturated carbocycles. The number of unbranched alkanes of at least 4 members (excludes halogenated alkanes) is 1. The number of hydrogen-bond donors (Lipinski definition) is 2. The number of hydrogen-bond acceptors (Lipinski definition) is 8. The van der Waals surface area contributed by atoms with Crippen molar-refractivity contribution >= 4 is 23.7 Å². The molecule has 2 saturated heterocycles. The SMILES string of the molecule is COC[C@H]1NC(=O)CC/C=C\CN(C2CCCCC2)C(=O)[C@@H]2N(CCCCO)C(=O)[C@H]3[C@H](C(=O)O[C@@H]1c1ccccc1)[C@@H]1C=C[C@]23O1. The molecule has 1 aromatic rings. The summed E-state index contributed by atoms with van der Waals surface area (Å²) in [6.07, 6.45) is 12.4. The number of fused-ring (bicyclic) bond motifs is 2. The van der Waals surface area contributed by atoms with Gasteiger partial charge in [0.1, 0.15) is 23.7 Å². The lowest BCUT2D eigenvalue weighted by Gasteiger charge is -2.40. The van der Waals surface area contributed by atoms with Gasteiger partial charge in [-0.15, -0.1) is 0 Å². The van der Waals surface area contributed by atoms with Gasteiger partial charge in [0, 0.05) is 39.3 Å². The zero-order valence-corrected chi connectivity index (χ0v) is 27.1. The van der Waals surface area contributed by atoms with Crippen LogP contribution in [0.5, 0.6) is 0 Å². The predicted octanol–water partition coefficient (Wildman–Crippen LogP) is 2.84. The highest BCUT2D eigenvalue weighted by Gasteiger charge is 2.73. The third-order valence-electron chi connectivity index (χ3n) is 10.4. The first-order valence-electron chi connectivity index (χ1n) is 17.2. The molecule has 4 heterocycles. The molecule has 5 bridgehead atoms. The quantitative estimate of drug-likeness (QED) is 0.250. The number of esters is 1. The Morgan fingerprint density at radius 1 is 1.02 bits per heavy atom. The number of likely N-dealkylation sites (tertiary alicyclic amines) is 1. The Kier molecular flexibility index (Phi) is 10.4. The standard InChI is InChI=1S/C36H47N3O8/c1-45-23-26-31(24-13-5-2-6-14-24)46-35(44)29-27-18-19-36(47-27)30(29)33(42)39(21-11-12-22-40)32(36)34(43)38(25-15-7-3-8-16-25)20-10-4-9-17-28(41)37-26/h2,4-6,10,13-14,18-19,25-27,29-32,40H,3,7-9,11-12,15-17,20-23H2,1H3,(H,37,41)/b10-4-/t26-,27+,29-,30-,31-,32+,36-/m1/s1. The molecule has 11 heteroatoms. The molecular weight excluding hydrogens is 602 g/mol. The maximum atomic E-state index is 14.8. The fraction of sp³-hybridized carbons (Fsp3) is 0.611. The van der Waals surface area contributed by atoms with Crippen LogP contribution in [0.2, 0.25) is 0 Å². The largest absolute Gasteiger partial charge is 0.455 e. The van der Waals surface area contributed by atoms with Gasteiger partial charge in [-0.3, -0.25) is 19.2 Å². The Balaban J connectivity index is 1.41. The highest BCUT2D eigenvalue weighted by molar-refractivity contribution is 5.99. The predicted molar refractivity (Wildman–Crippen MR) is 172 cm³/mol. The second kappa shape index (κ2) is 14.7. The van der Waals surface area contributed by atoms with Gasteiger partial charge in [-0.05, 0) is 37.7 Å². The zero-order chi connectivity index (χ0) is 33.0. The van der Waals surface area contributed by atoms with Crippen LogP contribution >= 0.6 is 0 Å². The topological polar surface area (TPSA) is 135 Å². The van der Waals surface area contributed by atoms with E-state index in [2.05, 4.69) is 5.32 Å². The summed E-state index contributed by atoms with van der Waals surface area (Å²) in [5.74, 6) is -3.26. The van der Waals surface area contributed by atoms with Gasteiger partial charge in [-0.2, -0.15) is 0 Å². The molecule has 1 spiro atoms. The van der Waals surface area contributed by atoms with Crippen LogP contribution in [0.4, 0.5) is 0 Å². The number of cyclic esters (lactones) is 1. The highest BCUT2D eigenvalue weighted by atomic mass is 16.6. The Hall–Kier alpha value is -3.54. The number of methoxy groups -OCH3 is 1. The van der Waals surface area contributed by atoms with Gasteiger partial charge in [-0.25, -0.2) is 0 Å². The lowest BCUT2D eigenvalue weighted by Crippen LogP contribution is -2.58. The summed E-state index contributed by atoms with van der Waals surface area (Å²) in [6.45, 7) is 0.682. The van der Waals surface area contributed by atoms with Crippen molar-refractivity contribution in [2.45, 2.75) is 93.7 Å². The van der Waals surface area contributed by atoms with Gasteiger partial charge in [-0.1, -0.05) is 73.9 Å². The second-order valence-electron chi connectivity index (χ2n) is 13.4. The van der Waals surface area contributed by atoms with Crippen molar-refractivity contribution < 1.29 is 38.5 Å². The maximum Gasteiger partial charge on any atom is 0.313 e. The van der Waals surface area contributed by atoms with E-state index in [-0.39, 0.29) is 49.9 Å². The highest BCUT2D eigenvalue weighted by Crippen LogP contribution is 2.56. The molecule has 1 aliphatic carbocycles. The molecule has 5 aliphatic rings. The van der Waals surface area contributed by atoms with E-state index in [1.807, 2.05) is 53.5 Å². The molecule has 0 radical (unpaired) electrons. The van der Waals surface area contributed by atoms with Crippen molar-refractivity contribution in [3.8, 4) is 0 Å². The van der Waals surface area contributed by atoms with E-state index in [4.69, 9.17) is 14.2 Å². The number of allylic oxidation sites excluding steroid dienone is 1. The Labute approximate surface area is 276 Å². The third-order valence-corrected chi connectivity index (χ3v) is 10.4. The van der Waals surface area contributed by atoms with Crippen LogP contribution in [0.15, 0.2) is 54.6 Å². The summed E-state index contributed by atoms with van der Waals surface area (Å²) in [5, 5.41) is 12.5. The summed E-state index contributed by atoms with van der Waals surface area (Å²) in [7, 11) is 1.53. The summed E-state index contributed by atoms with van der Waals surface area (Å²) in [4.78, 5) is 60.2. The van der Waals surface area contributed by atoms with E-state index in [9.17, 15) is 24.3 Å². The Morgan fingerprint density at radius 2 is 1.81 bits per heavy atom. The van der Waals surface area contributed by atoms with E-state index in [0.29, 0.717) is 31.4 Å². The summed E-state index contributed by atoms with van der Waals surface area (Å²) in [6, 6.07) is 7.56. The molecule has 11 nitrogen and oxygen atoms in total. The molecular formula is C36H47N3O8. The van der Waals surface area contributed by atoms with Crippen LogP contribution in [0.25, 0.3) is 0 Å². The molecule has 2 N–H and O–H groups in total. The number of aliphatic hydroxyl groups is 1. The monoisotopic (exact) mass is 649 g/mol. The number of amides is 3. The Morgan fingerprint density at radius 3 is 2.55 bits per heavy atom. The number of carbonyl (C=O) groups is 4. The smallest absolute Gasteiger partial charge is 0.313 e. The van der Waals surface area contributed by atoms with Crippen molar-refractivity contribution in [1.29, 1.82) is 0 Å². The van der Waals surface area contributed by atoms with Crippen LogP contribution in [-0.2, 0) is 33.4 Å². The summed E-state index contributed by atoms with van der Waals surface area (Å²) >= 11 is 0. The van der Waals surface area contributed by atoms with Gasteiger partial charge >= 0.3 is 5.97 Å². The zero-order valence-electron chi connectivity index (χ0n) is 27.1. The minimum atomic E-state index is -1.31. The number of aliphatic hydroxyl groups excluding tert-OH is 1. The maximum absolute atomic E-state index is 14.8. The summed E-state index contributed by atoms with van der Waals surface area (Å²) < 4.78 is 18.3. The van der Waals surface area contributed by atoms with Crippen LogP contribution < -0.4 is 5.32 Å². The van der Waals surface area contributed by atoms with Crippen molar-refractivity contribution in [2.24, 2.45) is 11.8 Å². The van der Waals surface area contributed by atoms with E-state index in [1.54, 1.807) is 11.0 Å². The van der Waals surface area contributed by atoms with Crippen molar-refractivity contribution in [2.75, 3.05) is 33.4 Å². The molecule has 7 atom stereocenters. The van der Waals surface area contributed by atoms with Crippen LogP contribution in [0.1, 0.15) is 69.5 Å². The van der Waals surface area contributed by atoms with Gasteiger partial charge in [0.15, 0.2) is 0 Å². The van der Waals surface area contributed by atoms with Gasteiger partial charge in [0.25, 0.3) is 0 Å². The molecule has 1 aromatic carbocycles. The second-order valence-corrected chi connectivity index (χ2v) is 13.4. The first kappa shape index (κ1) is 33.4. The lowest BCUT2D eigenvalue weighted by atomic mass is 9.74. The molecule has 47 heavy (non-hydrogen) atoms. The lowest BCUT2D eigenvalue weighted by molar-refractivity contribution is -0.162. The number of nitrogens with zero attached hydrogens (tertiary/aromatic N) is 2. The average Bonchev–Trinajstić information content (AvgIpc) is 3.72. The van der Waals surface area contributed by atoms with Crippen LogP contribution in [0, 0.1) is 11.8 Å². The normalized spacial score (nSPS) is 34.0. The van der Waals surface area contributed by atoms with Crippen LogP contribution in [-0.4, -0.2) is 102 Å². The van der Waals surface area contributed by atoms with Gasteiger partial charge < -0.3 is 34.4 Å². The molecule has 6 rings (SSSR count). The number of carbonyl (C=O) groups excluding carboxylic acids is 4. The van der Waals surface area contributed by atoms with E-state index < -0.39 is 47.7 Å². The van der Waals surface area contributed by atoms with Crippen LogP contribution in [0.3, 0.4) is 0 Å². The van der Waals surface area contributed by atoms with E-state index in [0.717, 1.165) is 32.1 Å². The van der Waals surface area contributed by atoms with Gasteiger partial charge in [0.05, 0.1) is 24.7 Å². The molecule has 3 amide bonds. The molecule has 254 valence electrons. The van der Waals surface area contributed by atoms with E-state index >= 15 is 0 Å². The molecule has 3 fully saturated rings. The minimum absolute atomic E-state index is 0.0147. The number of nitrogens with one attached hydrogen (secondary N) is 1. The first-order valence-corrected chi connectivity index (χ1v) is 17.2. The fourth-order valence-electron chi connectivity index (χ4n) is 8.23. The Bertz CT molecular complexity index is 1360. The average molecular weight is 650 g/mol. The minimum Gasteiger partial charge on any atom is -0.455 e.